The summed E-state index contributed by atoms with van der Waals surface area (Å²) < 4.78 is 31.3. The molecule has 31 heavy (non-hydrogen) atoms. The number of carbonyl (C=O) groups is 3. The quantitative estimate of drug-likeness (QED) is 0.308. The molecule has 1 aromatic heterocycles. The van der Waals surface area contributed by atoms with E-state index in [9.17, 15) is 27.8 Å². The number of aliphatic carboxylic acids is 1. The lowest BCUT2D eigenvalue weighted by Gasteiger charge is -2.38. The number of β-lactam (4-membered cyclic amide) rings is 1. The van der Waals surface area contributed by atoms with Crippen molar-refractivity contribution in [3.05, 3.63) is 12.4 Å². The number of amides is 2. The highest BCUT2D eigenvalue weighted by molar-refractivity contribution is 7.93. The Bertz CT molecular complexity index is 1000. The van der Waals surface area contributed by atoms with E-state index in [4.69, 9.17) is 9.76 Å². The van der Waals surface area contributed by atoms with Crippen LogP contribution in [-0.2, 0) is 35.4 Å². The minimum absolute atomic E-state index is 0.182. The van der Waals surface area contributed by atoms with Crippen LogP contribution < -0.4 is 5.32 Å². The Morgan fingerprint density at radius 1 is 1.42 bits per heavy atom. The van der Waals surface area contributed by atoms with Gasteiger partial charge in [0.2, 0.25) is 11.8 Å². The van der Waals surface area contributed by atoms with Crippen molar-refractivity contribution in [2.45, 2.75) is 67.4 Å². The normalized spacial score (nSPS) is 34.2. The van der Waals surface area contributed by atoms with Crippen LogP contribution in [0.1, 0.15) is 32.6 Å². The van der Waals surface area contributed by atoms with Crippen molar-refractivity contribution in [2.24, 2.45) is 0 Å². The van der Waals surface area contributed by atoms with Crippen LogP contribution in [-0.4, -0.2) is 91.6 Å². The van der Waals surface area contributed by atoms with Gasteiger partial charge in [-0.15, -0.1) is 5.10 Å². The van der Waals surface area contributed by atoms with Gasteiger partial charge in [0, 0.05) is 6.20 Å². The Labute approximate surface area is 177 Å². The smallest absolute Gasteiger partial charge is 0.478 e. The van der Waals surface area contributed by atoms with Crippen LogP contribution in [0.5, 0.6) is 0 Å². The minimum Gasteiger partial charge on any atom is -0.481 e. The van der Waals surface area contributed by atoms with Crippen molar-refractivity contribution < 1.29 is 37.6 Å². The van der Waals surface area contributed by atoms with E-state index in [1.807, 2.05) is 0 Å². The molecule has 1 aromatic rings. The largest absolute Gasteiger partial charge is 0.481 e. The fourth-order valence-corrected chi connectivity index (χ4v) is 6.93. The summed E-state index contributed by atoms with van der Waals surface area (Å²) in [5.41, 5.74) is 0. The monoisotopic (exact) mass is 455 g/mol. The molecule has 3 saturated heterocycles. The molecular weight excluding hydrogens is 433 g/mol. The molecule has 3 N–H and O–H groups in total. The third-order valence-electron chi connectivity index (χ3n) is 6.21. The van der Waals surface area contributed by atoms with Crippen LogP contribution in [0.15, 0.2) is 12.4 Å². The third kappa shape index (κ3) is 3.49. The van der Waals surface area contributed by atoms with Crippen molar-refractivity contribution in [1.29, 1.82) is 0 Å². The highest BCUT2D eigenvalue weighted by Gasteiger charge is 2.70. The number of hydrogen-bond donors (Lipinski definition) is 3. The minimum atomic E-state index is -3.91. The Hall–Kier alpha value is -2.52. The number of carboxylic acid groups (broad SMARTS) is 1. The van der Waals surface area contributed by atoms with Gasteiger partial charge in [-0.05, 0) is 19.8 Å². The van der Waals surface area contributed by atoms with E-state index in [0.29, 0.717) is 6.42 Å². The van der Waals surface area contributed by atoms with Crippen molar-refractivity contribution in [3.8, 4) is 0 Å². The fraction of sp³-hybridized carbons (Fsp3) is 0.688. The van der Waals surface area contributed by atoms with Crippen molar-refractivity contribution in [1.82, 2.24) is 25.2 Å². The summed E-state index contributed by atoms with van der Waals surface area (Å²) in [6.45, 7) is 1.22. The maximum absolute atomic E-state index is 13.2. The zero-order chi connectivity index (χ0) is 22.6. The molecule has 0 spiro atoms. The number of nitrogens with one attached hydrogen (secondary N) is 1. The number of sulfone groups is 1. The number of hydrogen-bond acceptors (Lipinski definition) is 9. The van der Waals surface area contributed by atoms with E-state index >= 15 is 0 Å². The molecule has 4 heterocycles. The molecule has 3 aliphatic rings. The first-order valence-corrected chi connectivity index (χ1v) is 11.3. The molecule has 0 radical (unpaired) electrons. The second-order valence-electron chi connectivity index (χ2n) is 8.26. The molecule has 168 valence electrons. The molecule has 0 saturated carbocycles. The molecule has 3 aliphatic heterocycles. The van der Waals surface area contributed by atoms with Gasteiger partial charge < -0.3 is 25.0 Å². The average Bonchev–Trinajstić information content (AvgIpc) is 3.21. The van der Waals surface area contributed by atoms with Crippen LogP contribution in [0, 0.1) is 0 Å². The Morgan fingerprint density at radius 3 is 2.74 bits per heavy atom. The first kappa shape index (κ1) is 21.7. The van der Waals surface area contributed by atoms with Gasteiger partial charge in [-0.2, -0.15) is 0 Å². The Balaban J connectivity index is 1.55. The van der Waals surface area contributed by atoms with Crippen LogP contribution in [0.2, 0.25) is 0 Å². The first-order chi connectivity index (χ1) is 14.5. The molecule has 0 aliphatic carbocycles. The van der Waals surface area contributed by atoms with Gasteiger partial charge in [0.05, 0.1) is 37.6 Å². The van der Waals surface area contributed by atoms with Crippen LogP contribution in [0.4, 0.5) is 0 Å². The lowest BCUT2D eigenvalue weighted by atomic mass is 9.72. The number of carbonyl (C=O) groups excluding carboxylic acids is 2. The summed E-state index contributed by atoms with van der Waals surface area (Å²) in [6, 6.07) is -1.32. The summed E-state index contributed by atoms with van der Waals surface area (Å²) in [4.78, 5) is 37.3. The SMILES string of the molecule is C[C@]1(Cn2ccnn2)C(C(=O)N[C@H]2CC[C@@H](CC(=O)O)OB2O)N2C(=O)C[C@H]2S1(=O)=O. The zero-order valence-corrected chi connectivity index (χ0v) is 17.4. The number of aromatic nitrogens is 3. The summed E-state index contributed by atoms with van der Waals surface area (Å²) in [5, 5.41) is 28.0. The van der Waals surface area contributed by atoms with Crippen molar-refractivity contribution in [2.75, 3.05) is 0 Å². The van der Waals surface area contributed by atoms with Crippen LogP contribution in [0.3, 0.4) is 0 Å². The van der Waals surface area contributed by atoms with E-state index in [1.54, 1.807) is 0 Å². The summed E-state index contributed by atoms with van der Waals surface area (Å²) in [5.74, 6) is -3.11. The number of carboxylic acids is 1. The standard InChI is InChI=1S/C16H22BN5O8S/c1-16(8-21-5-4-18-20-21)14(22-11(23)7-12(22)31(16,28)29)15(26)19-10-3-2-9(6-13(24)25)30-17(10)27/h4-5,9-10,12,14,27H,2-3,6-8H2,1H3,(H,19,26)(H,24,25)/t9-,10-,12+,14?,16-/m0/s1. The fourth-order valence-electron chi connectivity index (χ4n) is 4.57. The maximum atomic E-state index is 13.2. The highest BCUT2D eigenvalue weighted by Crippen LogP contribution is 2.46. The second kappa shape index (κ2) is 7.56. The van der Waals surface area contributed by atoms with Gasteiger partial charge in [0.25, 0.3) is 0 Å². The highest BCUT2D eigenvalue weighted by atomic mass is 32.2. The molecule has 0 aromatic carbocycles. The van der Waals surface area contributed by atoms with Crippen LogP contribution in [0.25, 0.3) is 0 Å². The molecular formula is C16H22BN5O8S. The van der Waals surface area contributed by atoms with Gasteiger partial charge in [0.15, 0.2) is 9.84 Å². The second-order valence-corrected chi connectivity index (χ2v) is 10.8. The number of nitrogens with zero attached hydrogens (tertiary/aromatic N) is 4. The average molecular weight is 455 g/mol. The van der Waals surface area contributed by atoms with Crippen LogP contribution >= 0.6 is 0 Å². The van der Waals surface area contributed by atoms with Gasteiger partial charge in [-0.25, -0.2) is 8.42 Å². The summed E-state index contributed by atoms with van der Waals surface area (Å²) in [6.07, 6.45) is 2.22. The predicted octanol–water partition coefficient (Wildman–Crippen LogP) is -2.45. The van der Waals surface area contributed by atoms with E-state index in [2.05, 4.69) is 15.6 Å². The Morgan fingerprint density at radius 2 is 2.16 bits per heavy atom. The zero-order valence-electron chi connectivity index (χ0n) is 16.6. The van der Waals surface area contributed by atoms with Gasteiger partial charge in [0.1, 0.15) is 16.2 Å². The summed E-state index contributed by atoms with van der Waals surface area (Å²) in [7, 11) is -5.37. The summed E-state index contributed by atoms with van der Waals surface area (Å²) >= 11 is 0. The molecule has 15 heteroatoms. The maximum Gasteiger partial charge on any atom is 0.478 e. The first-order valence-electron chi connectivity index (χ1n) is 9.79. The Kier molecular flexibility index (Phi) is 5.30. The van der Waals surface area contributed by atoms with E-state index in [0.717, 1.165) is 4.90 Å². The van der Waals surface area contributed by atoms with E-state index in [-0.39, 0.29) is 25.8 Å². The predicted molar refractivity (Wildman–Crippen MR) is 103 cm³/mol. The van der Waals surface area contributed by atoms with Gasteiger partial charge in [-0.1, -0.05) is 5.21 Å². The van der Waals surface area contributed by atoms with Gasteiger partial charge >= 0.3 is 13.1 Å². The molecule has 5 atom stereocenters. The number of fused-ring (bicyclic) bond motifs is 1. The molecule has 4 rings (SSSR count). The van der Waals surface area contributed by atoms with Crippen molar-refractivity contribution >= 4 is 34.7 Å². The lowest BCUT2D eigenvalue weighted by molar-refractivity contribution is -0.150. The molecule has 3 fully saturated rings. The van der Waals surface area contributed by atoms with Crippen molar-refractivity contribution in [3.63, 3.8) is 0 Å². The van der Waals surface area contributed by atoms with E-state index in [1.165, 1.54) is 24.0 Å². The molecule has 2 amide bonds. The lowest BCUT2D eigenvalue weighted by Crippen LogP contribution is -2.63. The van der Waals surface area contributed by atoms with Gasteiger partial charge in [-0.3, -0.25) is 19.1 Å². The van der Waals surface area contributed by atoms with E-state index < -0.39 is 62.9 Å². The topological polar surface area (TPSA) is 181 Å². The molecule has 13 nitrogen and oxygen atoms in total. The molecule has 1 unspecified atom stereocenters. The third-order valence-corrected chi connectivity index (χ3v) is 8.98. The molecule has 0 bridgehead atoms. The number of rotatable bonds is 6.